The summed E-state index contributed by atoms with van der Waals surface area (Å²) in [5.41, 5.74) is 5.92. The first-order valence-corrected chi connectivity index (χ1v) is 13.2. The van der Waals surface area contributed by atoms with E-state index in [1.54, 1.807) is 0 Å². The van der Waals surface area contributed by atoms with Gasteiger partial charge in [0.25, 0.3) is 15.2 Å². The van der Waals surface area contributed by atoms with Gasteiger partial charge in [0.1, 0.15) is 0 Å². The molecule has 34 heavy (non-hydrogen) atoms. The number of sulfonamides is 1. The number of hydrogen-bond acceptors (Lipinski definition) is 6. The minimum atomic E-state index is -4.25. The van der Waals surface area contributed by atoms with Gasteiger partial charge in [-0.2, -0.15) is 17.5 Å². The molecule has 6 rings (SSSR count). The Kier molecular flexibility index (Phi) is 5.02. The van der Waals surface area contributed by atoms with E-state index in [9.17, 15) is 21.6 Å². The van der Waals surface area contributed by atoms with E-state index in [-0.39, 0.29) is 24.8 Å². The zero-order valence-corrected chi connectivity index (χ0v) is 19.5. The average molecular weight is 497 g/mol. The first-order chi connectivity index (χ1) is 16.1. The number of likely N-dealkylation sites (tertiary alicyclic amines) is 1. The van der Waals surface area contributed by atoms with Crippen LogP contribution in [0.2, 0.25) is 0 Å². The van der Waals surface area contributed by atoms with E-state index < -0.39 is 28.2 Å². The second-order valence-corrected chi connectivity index (χ2v) is 12.0. The largest absolute Gasteiger partial charge is 0.401 e. The molecule has 8 nitrogen and oxygen atoms in total. The Bertz CT molecular complexity index is 1200. The molecule has 2 aliphatic carbocycles. The average Bonchev–Trinajstić information content (AvgIpc) is 3.51. The molecule has 2 fully saturated rings. The highest BCUT2D eigenvalue weighted by molar-refractivity contribution is 7.89. The van der Waals surface area contributed by atoms with Crippen molar-refractivity contribution < 1.29 is 21.6 Å². The maximum atomic E-state index is 13.1. The molecule has 2 N–H and O–H groups in total. The molecule has 3 heterocycles. The van der Waals surface area contributed by atoms with E-state index in [0.29, 0.717) is 18.9 Å². The van der Waals surface area contributed by atoms with Crippen LogP contribution in [-0.2, 0) is 35.7 Å². The normalized spacial score (nSPS) is 22.2. The van der Waals surface area contributed by atoms with Gasteiger partial charge in [-0.05, 0) is 73.7 Å². The van der Waals surface area contributed by atoms with E-state index in [1.807, 2.05) is 0 Å². The zero-order chi connectivity index (χ0) is 23.7. The Balaban J connectivity index is 1.16. The first-order valence-electron chi connectivity index (χ1n) is 11.8. The summed E-state index contributed by atoms with van der Waals surface area (Å²) in [5, 5.41) is 11.0. The van der Waals surface area contributed by atoms with Gasteiger partial charge >= 0.3 is 6.18 Å². The molecule has 0 unspecified atom stereocenters. The second-order valence-electron chi connectivity index (χ2n) is 10.2. The van der Waals surface area contributed by atoms with Crippen molar-refractivity contribution in [2.45, 2.75) is 56.3 Å². The van der Waals surface area contributed by atoms with Crippen LogP contribution in [0.1, 0.15) is 41.5 Å². The van der Waals surface area contributed by atoms with Gasteiger partial charge in [0.2, 0.25) is 5.95 Å². The van der Waals surface area contributed by atoms with Crippen LogP contribution in [0, 0.1) is 5.41 Å². The topological polar surface area (TPSA) is 94.2 Å². The van der Waals surface area contributed by atoms with Crippen LogP contribution in [0.25, 0.3) is 0 Å². The number of halogens is 3. The maximum Gasteiger partial charge on any atom is 0.401 e. The minimum Gasteiger partial charge on any atom is -0.324 e. The molecule has 2 saturated heterocycles. The molecule has 0 radical (unpaired) electrons. The summed E-state index contributed by atoms with van der Waals surface area (Å²) in [4.78, 5) is 4.19. The fraction of sp³-hybridized carbons (Fsp3) is 0.636. The van der Waals surface area contributed by atoms with Crippen molar-refractivity contribution in [1.29, 1.82) is 0 Å². The van der Waals surface area contributed by atoms with Crippen LogP contribution < -0.4 is 5.32 Å². The number of aromatic nitrogens is 3. The highest BCUT2D eigenvalue weighted by Gasteiger charge is 2.53. The second kappa shape index (κ2) is 7.66. The molecular formula is C22H27F3N6O2S. The monoisotopic (exact) mass is 496 g/mol. The molecule has 12 heteroatoms. The Morgan fingerprint density at radius 3 is 2.35 bits per heavy atom. The lowest BCUT2D eigenvalue weighted by molar-refractivity contribution is -0.145. The number of fused-ring (bicyclic) bond motifs is 2. The summed E-state index contributed by atoms with van der Waals surface area (Å²) >= 11 is 0. The van der Waals surface area contributed by atoms with E-state index >= 15 is 0 Å². The standard InChI is InChI=1S/C22H27F3N6O2S/c23-22(24,25)13-30-8-7-21(10-30)11-31(12-21)34(32,33)20-27-19(28-29-20)26-18-16-5-1-3-14(16)9-15-4-2-6-17(15)18/h9H,1-8,10-13H2,(H2,26,27,28,29). The highest BCUT2D eigenvalue weighted by atomic mass is 32.2. The molecule has 0 saturated carbocycles. The van der Waals surface area contributed by atoms with Crippen molar-refractivity contribution in [3.63, 3.8) is 0 Å². The van der Waals surface area contributed by atoms with Gasteiger partial charge < -0.3 is 5.32 Å². The molecule has 1 aromatic carbocycles. The number of benzene rings is 1. The van der Waals surface area contributed by atoms with Gasteiger partial charge in [0.15, 0.2) is 0 Å². The molecule has 0 bridgehead atoms. The quantitative estimate of drug-likeness (QED) is 0.661. The van der Waals surface area contributed by atoms with Crippen LogP contribution in [-0.4, -0.2) is 71.7 Å². The van der Waals surface area contributed by atoms with Crippen molar-refractivity contribution >= 4 is 21.7 Å². The van der Waals surface area contributed by atoms with Crippen molar-refractivity contribution in [2.24, 2.45) is 5.41 Å². The minimum absolute atomic E-state index is 0.201. The summed E-state index contributed by atoms with van der Waals surface area (Å²) in [5.74, 6) is 0.292. The van der Waals surface area contributed by atoms with Crippen LogP contribution in [0.3, 0.4) is 0 Å². The number of H-pyrrole nitrogens is 1. The SMILES string of the molecule is O=S(=O)(c1nnc(Nc2c3c(cc4c2CCC4)CCC3)[nH]1)N1CC2(CCN(CC(F)(F)F)C2)C1. The smallest absolute Gasteiger partial charge is 0.324 e. The maximum absolute atomic E-state index is 13.1. The third kappa shape index (κ3) is 3.79. The number of hydrogen-bond donors (Lipinski definition) is 2. The van der Waals surface area contributed by atoms with E-state index in [1.165, 1.54) is 31.5 Å². The van der Waals surface area contributed by atoms with Gasteiger partial charge in [-0.3, -0.25) is 9.88 Å². The number of aryl methyl sites for hydroxylation is 2. The number of nitrogens with one attached hydrogen (secondary N) is 2. The summed E-state index contributed by atoms with van der Waals surface area (Å²) in [7, 11) is -3.89. The van der Waals surface area contributed by atoms with Crippen molar-refractivity contribution in [3.8, 4) is 0 Å². The van der Waals surface area contributed by atoms with E-state index in [2.05, 4.69) is 26.6 Å². The fourth-order valence-corrected chi connectivity index (χ4v) is 7.67. The fourth-order valence-electron chi connectivity index (χ4n) is 6.17. The predicted molar refractivity (Wildman–Crippen MR) is 118 cm³/mol. The number of nitrogens with zero attached hydrogens (tertiary/aromatic N) is 4. The predicted octanol–water partition coefficient (Wildman–Crippen LogP) is 2.78. The molecule has 4 aliphatic rings. The lowest BCUT2D eigenvalue weighted by Gasteiger charge is -2.46. The van der Waals surface area contributed by atoms with Gasteiger partial charge in [0.05, 0.1) is 6.54 Å². The molecule has 2 aromatic rings. The van der Waals surface area contributed by atoms with E-state index in [0.717, 1.165) is 44.2 Å². The molecule has 1 spiro atoms. The summed E-state index contributed by atoms with van der Waals surface area (Å²) in [6.45, 7) is 0.0344. The lowest BCUT2D eigenvalue weighted by atomic mass is 9.81. The number of rotatable bonds is 5. The third-order valence-electron chi connectivity index (χ3n) is 7.71. The number of alkyl halides is 3. The molecule has 0 atom stereocenters. The van der Waals surface area contributed by atoms with Crippen LogP contribution in [0.15, 0.2) is 11.2 Å². The van der Waals surface area contributed by atoms with E-state index in [4.69, 9.17) is 0 Å². The number of anilines is 2. The summed E-state index contributed by atoms with van der Waals surface area (Å²) in [6, 6.07) is 2.32. The Hall–Kier alpha value is -2.18. The van der Waals surface area contributed by atoms with Gasteiger partial charge in [-0.1, -0.05) is 6.07 Å². The lowest BCUT2D eigenvalue weighted by Crippen LogP contribution is -2.59. The Morgan fingerprint density at radius 2 is 1.71 bits per heavy atom. The molecule has 0 amide bonds. The summed E-state index contributed by atoms with van der Waals surface area (Å²) in [6.07, 6.45) is 2.64. The van der Waals surface area contributed by atoms with Crippen LogP contribution >= 0.6 is 0 Å². The van der Waals surface area contributed by atoms with Gasteiger partial charge in [0, 0.05) is 30.7 Å². The van der Waals surface area contributed by atoms with Crippen molar-refractivity contribution in [2.75, 3.05) is 38.0 Å². The molecule has 184 valence electrons. The van der Waals surface area contributed by atoms with Crippen molar-refractivity contribution in [3.05, 3.63) is 28.3 Å². The van der Waals surface area contributed by atoms with Crippen molar-refractivity contribution in [1.82, 2.24) is 24.4 Å². The Labute approximate surface area is 196 Å². The Morgan fingerprint density at radius 1 is 1.03 bits per heavy atom. The highest BCUT2D eigenvalue weighted by Crippen LogP contribution is 2.43. The van der Waals surface area contributed by atoms with Gasteiger partial charge in [-0.25, -0.2) is 8.42 Å². The third-order valence-corrected chi connectivity index (χ3v) is 9.32. The number of aromatic amines is 1. The van der Waals surface area contributed by atoms with Crippen LogP contribution in [0.4, 0.5) is 24.8 Å². The van der Waals surface area contributed by atoms with Crippen LogP contribution in [0.5, 0.6) is 0 Å². The molecular weight excluding hydrogens is 469 g/mol. The zero-order valence-electron chi connectivity index (χ0n) is 18.7. The summed E-state index contributed by atoms with van der Waals surface area (Å²) < 4.78 is 65.5. The first kappa shape index (κ1) is 22.3. The molecule has 1 aromatic heterocycles. The van der Waals surface area contributed by atoms with Gasteiger partial charge in [-0.15, -0.1) is 10.2 Å². The molecule has 2 aliphatic heterocycles.